The summed E-state index contributed by atoms with van der Waals surface area (Å²) in [6.45, 7) is 4.41. The molecule has 11 heavy (non-hydrogen) atoms. The minimum atomic E-state index is 0.549. The first kappa shape index (κ1) is 11.5. The van der Waals surface area contributed by atoms with Gasteiger partial charge < -0.3 is 0 Å². The summed E-state index contributed by atoms with van der Waals surface area (Å²) in [6, 6.07) is 0. The second-order valence-corrected chi connectivity index (χ2v) is 6.09. The van der Waals surface area contributed by atoms with Crippen LogP contribution in [0.4, 0.5) is 0 Å². The van der Waals surface area contributed by atoms with Crippen molar-refractivity contribution in [1.82, 2.24) is 0 Å². The molecule has 0 nitrogen and oxygen atoms in total. The molecule has 0 aliphatic heterocycles. The molecule has 0 atom stereocenters. The standard InChI is InChI=1S/C9H17ClSe/c1-3-5-6-7-8-9(10)11-4-2/h8H,3-7H2,1-2H3/b9-8-. The maximum atomic E-state index is 5.95. The second-order valence-electron chi connectivity index (χ2n) is 2.44. The molecule has 0 spiro atoms. The van der Waals surface area contributed by atoms with Gasteiger partial charge in [0.1, 0.15) is 0 Å². The molecule has 0 N–H and O–H groups in total. The summed E-state index contributed by atoms with van der Waals surface area (Å²) in [5, 5.41) is 1.22. The molecule has 0 aromatic heterocycles. The fourth-order valence-corrected chi connectivity index (χ4v) is 2.56. The van der Waals surface area contributed by atoms with E-state index in [0.29, 0.717) is 15.0 Å². The van der Waals surface area contributed by atoms with Crippen molar-refractivity contribution >= 4 is 26.6 Å². The third-order valence-corrected chi connectivity index (χ3v) is 3.65. The van der Waals surface area contributed by atoms with E-state index in [9.17, 15) is 0 Å². The van der Waals surface area contributed by atoms with Gasteiger partial charge in [-0.15, -0.1) is 0 Å². The van der Waals surface area contributed by atoms with Crippen molar-refractivity contribution in [2.75, 3.05) is 0 Å². The SMILES string of the molecule is CCCCC/C=C(/Cl)[Se]CC. The number of rotatable bonds is 6. The number of hydrogen-bond donors (Lipinski definition) is 0. The van der Waals surface area contributed by atoms with Gasteiger partial charge in [0.25, 0.3) is 0 Å². The van der Waals surface area contributed by atoms with Crippen LogP contribution < -0.4 is 0 Å². The first-order chi connectivity index (χ1) is 5.31. The zero-order valence-corrected chi connectivity index (χ0v) is 9.87. The van der Waals surface area contributed by atoms with Gasteiger partial charge in [0.05, 0.1) is 0 Å². The average Bonchev–Trinajstić information content (AvgIpc) is 1.99. The first-order valence-corrected chi connectivity index (χ1v) is 6.74. The molecule has 0 bridgehead atoms. The third-order valence-electron chi connectivity index (χ3n) is 1.39. The number of halogens is 1. The summed E-state index contributed by atoms with van der Waals surface area (Å²) in [7, 11) is 0. The normalized spacial score (nSPS) is 12.1. The van der Waals surface area contributed by atoms with Crippen LogP contribution in [0.25, 0.3) is 0 Å². The molecule has 0 saturated heterocycles. The minimum absolute atomic E-state index is 0.549. The zero-order valence-electron chi connectivity index (χ0n) is 7.40. The van der Waals surface area contributed by atoms with Crippen LogP contribution in [0, 0.1) is 0 Å². The topological polar surface area (TPSA) is 0 Å². The van der Waals surface area contributed by atoms with Crippen molar-refractivity contribution in [1.29, 1.82) is 0 Å². The van der Waals surface area contributed by atoms with E-state index in [2.05, 4.69) is 19.9 Å². The molecule has 2 heteroatoms. The average molecular weight is 240 g/mol. The van der Waals surface area contributed by atoms with Crippen LogP contribution in [0.2, 0.25) is 5.32 Å². The predicted octanol–water partition coefficient (Wildman–Crippen LogP) is 3.79. The van der Waals surface area contributed by atoms with Crippen LogP contribution >= 0.6 is 11.6 Å². The Kier molecular flexibility index (Phi) is 9.08. The Labute approximate surface area is 81.6 Å². The van der Waals surface area contributed by atoms with Gasteiger partial charge in [-0.2, -0.15) is 0 Å². The maximum absolute atomic E-state index is 5.95. The number of hydrogen-bond acceptors (Lipinski definition) is 0. The molecular weight excluding hydrogens is 223 g/mol. The second kappa shape index (κ2) is 8.64. The van der Waals surface area contributed by atoms with Crippen LogP contribution in [0.5, 0.6) is 0 Å². The molecule has 0 fully saturated rings. The molecule has 0 heterocycles. The third kappa shape index (κ3) is 8.46. The van der Waals surface area contributed by atoms with Gasteiger partial charge in [0.2, 0.25) is 0 Å². The van der Waals surface area contributed by atoms with Gasteiger partial charge in [0.15, 0.2) is 0 Å². The van der Waals surface area contributed by atoms with Crippen LogP contribution in [-0.4, -0.2) is 15.0 Å². The Balaban J connectivity index is 3.24. The molecule has 0 aliphatic rings. The van der Waals surface area contributed by atoms with Crippen molar-refractivity contribution < 1.29 is 0 Å². The predicted molar refractivity (Wildman–Crippen MR) is 54.3 cm³/mol. The molecule has 0 amide bonds. The van der Waals surface area contributed by atoms with Crippen molar-refractivity contribution in [2.45, 2.75) is 44.9 Å². The van der Waals surface area contributed by atoms with E-state index in [1.807, 2.05) is 0 Å². The Morgan fingerprint density at radius 3 is 2.64 bits per heavy atom. The van der Waals surface area contributed by atoms with Gasteiger partial charge >= 0.3 is 81.4 Å². The molecule has 0 saturated carbocycles. The molecule has 0 aliphatic carbocycles. The summed E-state index contributed by atoms with van der Waals surface area (Å²) in [6.07, 6.45) is 7.30. The van der Waals surface area contributed by atoms with Crippen LogP contribution in [-0.2, 0) is 0 Å². The van der Waals surface area contributed by atoms with Gasteiger partial charge in [-0.05, 0) is 0 Å². The summed E-state index contributed by atoms with van der Waals surface area (Å²) in [5.41, 5.74) is 0. The molecule has 66 valence electrons. The molecule has 0 radical (unpaired) electrons. The Hall–Kier alpha value is 0.549. The van der Waals surface area contributed by atoms with Crippen LogP contribution in [0.3, 0.4) is 0 Å². The van der Waals surface area contributed by atoms with E-state index in [1.54, 1.807) is 0 Å². The summed E-state index contributed by atoms with van der Waals surface area (Å²) in [5.74, 6) is 0. The van der Waals surface area contributed by atoms with Crippen LogP contribution in [0.1, 0.15) is 39.5 Å². The van der Waals surface area contributed by atoms with Gasteiger partial charge in [0, 0.05) is 0 Å². The van der Waals surface area contributed by atoms with Crippen LogP contribution in [0.15, 0.2) is 10.0 Å². The monoisotopic (exact) mass is 240 g/mol. The molecule has 0 unspecified atom stereocenters. The molecular formula is C9H17ClSe. The Morgan fingerprint density at radius 2 is 2.09 bits per heavy atom. The molecule has 0 aromatic carbocycles. The summed E-state index contributed by atoms with van der Waals surface area (Å²) >= 11 is 6.50. The first-order valence-electron chi connectivity index (χ1n) is 4.29. The van der Waals surface area contributed by atoms with E-state index in [4.69, 9.17) is 11.6 Å². The molecule has 0 rings (SSSR count). The van der Waals surface area contributed by atoms with E-state index in [0.717, 1.165) is 3.93 Å². The van der Waals surface area contributed by atoms with Crippen molar-refractivity contribution in [3.8, 4) is 0 Å². The van der Waals surface area contributed by atoms with Crippen molar-refractivity contribution in [2.24, 2.45) is 0 Å². The van der Waals surface area contributed by atoms with Crippen molar-refractivity contribution in [3.05, 3.63) is 10.0 Å². The summed E-state index contributed by atoms with van der Waals surface area (Å²) in [4.78, 5) is 0. The summed E-state index contributed by atoms with van der Waals surface area (Å²) < 4.78 is 1.11. The van der Waals surface area contributed by atoms with Gasteiger partial charge in [-0.3, -0.25) is 0 Å². The van der Waals surface area contributed by atoms with Crippen molar-refractivity contribution in [3.63, 3.8) is 0 Å². The Bertz CT molecular complexity index is 110. The Morgan fingerprint density at radius 1 is 1.36 bits per heavy atom. The fourth-order valence-electron chi connectivity index (χ4n) is 0.807. The number of allylic oxidation sites excluding steroid dienone is 1. The number of unbranched alkanes of at least 4 members (excludes halogenated alkanes) is 3. The van der Waals surface area contributed by atoms with E-state index in [-0.39, 0.29) is 0 Å². The zero-order chi connectivity index (χ0) is 8.53. The van der Waals surface area contributed by atoms with Gasteiger partial charge in [-0.1, -0.05) is 0 Å². The van der Waals surface area contributed by atoms with Gasteiger partial charge in [-0.25, -0.2) is 0 Å². The quantitative estimate of drug-likeness (QED) is 0.489. The fraction of sp³-hybridized carbons (Fsp3) is 0.778. The van der Waals surface area contributed by atoms with E-state index in [1.165, 1.54) is 31.0 Å². The van der Waals surface area contributed by atoms with E-state index < -0.39 is 0 Å². The van der Waals surface area contributed by atoms with E-state index >= 15 is 0 Å². The molecule has 0 aromatic rings.